The predicted molar refractivity (Wildman–Crippen MR) is 108 cm³/mol. The van der Waals surface area contributed by atoms with Gasteiger partial charge in [-0.1, -0.05) is 25.4 Å². The van der Waals surface area contributed by atoms with Gasteiger partial charge < -0.3 is 13.8 Å². The first-order chi connectivity index (χ1) is 13.6. The van der Waals surface area contributed by atoms with Crippen molar-refractivity contribution < 1.29 is 26.5 Å². The van der Waals surface area contributed by atoms with E-state index in [1.807, 2.05) is 0 Å². The Hall–Kier alpha value is -2.16. The normalized spacial score (nSPS) is 11.5. The van der Waals surface area contributed by atoms with Gasteiger partial charge in [0.1, 0.15) is 16.5 Å². The number of nitrogens with zero attached hydrogens (tertiary/aromatic N) is 1. The number of ether oxygens (including phenoxy) is 1. The number of carbonyl (C=O) groups is 1. The van der Waals surface area contributed by atoms with Crippen molar-refractivity contribution in [2.45, 2.75) is 25.3 Å². The minimum absolute atomic E-state index is 0.0395. The second-order valence-corrected chi connectivity index (χ2v) is 8.63. The second kappa shape index (κ2) is 10.0. The summed E-state index contributed by atoms with van der Waals surface area (Å²) in [4.78, 5) is 13.9. The minimum Gasteiger partial charge on any atom is -0.383 e. The largest absolute Gasteiger partial charge is 0.383 e. The Morgan fingerprint density at radius 2 is 1.83 bits per heavy atom. The SMILES string of the molecule is COCCN(Cc1cc(Cl)ccc1OS(=O)(=O)c1ccc(F)cc1)C(=O)C(C)C. The van der Waals surface area contributed by atoms with E-state index in [0.29, 0.717) is 23.7 Å². The molecule has 6 nitrogen and oxygen atoms in total. The maximum atomic E-state index is 13.1. The van der Waals surface area contributed by atoms with Crippen LogP contribution in [0.2, 0.25) is 5.02 Å². The number of halogens is 2. The molecule has 0 N–H and O–H groups in total. The lowest BCUT2D eigenvalue weighted by Gasteiger charge is -2.25. The van der Waals surface area contributed by atoms with Crippen molar-refractivity contribution in [1.82, 2.24) is 4.90 Å². The van der Waals surface area contributed by atoms with Crippen molar-refractivity contribution in [2.75, 3.05) is 20.3 Å². The molecule has 9 heteroatoms. The molecule has 0 unspecified atom stereocenters. The predicted octanol–water partition coefficient (Wildman–Crippen LogP) is 3.88. The summed E-state index contributed by atoms with van der Waals surface area (Å²) in [5, 5.41) is 0.371. The molecule has 0 aromatic heterocycles. The number of amides is 1. The van der Waals surface area contributed by atoms with E-state index < -0.39 is 15.9 Å². The first kappa shape index (κ1) is 23.1. The molecule has 0 bridgehead atoms. The fraction of sp³-hybridized carbons (Fsp3) is 0.350. The lowest BCUT2D eigenvalue weighted by atomic mass is 10.1. The Balaban J connectivity index is 2.34. The van der Waals surface area contributed by atoms with Gasteiger partial charge in [-0.3, -0.25) is 4.79 Å². The maximum absolute atomic E-state index is 13.1. The van der Waals surface area contributed by atoms with Gasteiger partial charge >= 0.3 is 10.1 Å². The fourth-order valence-corrected chi connectivity index (χ4v) is 3.72. The van der Waals surface area contributed by atoms with Gasteiger partial charge in [0.25, 0.3) is 0 Å². The van der Waals surface area contributed by atoms with Crippen LogP contribution in [0.3, 0.4) is 0 Å². The Morgan fingerprint density at radius 1 is 1.17 bits per heavy atom. The molecule has 0 aliphatic heterocycles. The van der Waals surface area contributed by atoms with E-state index in [-0.39, 0.29) is 29.0 Å². The van der Waals surface area contributed by atoms with Crippen molar-refractivity contribution in [3.05, 3.63) is 58.9 Å². The molecule has 2 aromatic rings. The lowest BCUT2D eigenvalue weighted by molar-refractivity contribution is -0.135. The van der Waals surface area contributed by atoms with Crippen LogP contribution in [-0.4, -0.2) is 39.5 Å². The Kier molecular flexibility index (Phi) is 8.01. The third-order valence-corrected chi connectivity index (χ3v) is 5.54. The topological polar surface area (TPSA) is 72.9 Å². The summed E-state index contributed by atoms with van der Waals surface area (Å²) >= 11 is 6.08. The smallest absolute Gasteiger partial charge is 0.339 e. The van der Waals surface area contributed by atoms with Gasteiger partial charge in [-0.25, -0.2) is 4.39 Å². The number of benzene rings is 2. The van der Waals surface area contributed by atoms with Gasteiger partial charge in [-0.2, -0.15) is 8.42 Å². The molecule has 158 valence electrons. The zero-order chi connectivity index (χ0) is 21.6. The summed E-state index contributed by atoms with van der Waals surface area (Å²) in [5.74, 6) is -0.887. The molecule has 2 rings (SSSR count). The third kappa shape index (κ3) is 6.42. The Labute approximate surface area is 175 Å². The summed E-state index contributed by atoms with van der Waals surface area (Å²) in [7, 11) is -2.66. The highest BCUT2D eigenvalue weighted by Gasteiger charge is 2.22. The molecule has 0 spiro atoms. The van der Waals surface area contributed by atoms with Gasteiger partial charge in [0.2, 0.25) is 5.91 Å². The minimum atomic E-state index is -4.19. The van der Waals surface area contributed by atoms with Crippen LogP contribution >= 0.6 is 11.6 Å². The van der Waals surface area contributed by atoms with Crippen molar-refractivity contribution >= 4 is 27.6 Å². The van der Waals surface area contributed by atoms with Crippen LogP contribution in [0.1, 0.15) is 19.4 Å². The first-order valence-corrected chi connectivity index (χ1v) is 10.7. The molecule has 0 atom stereocenters. The van der Waals surface area contributed by atoms with E-state index in [0.717, 1.165) is 24.3 Å². The first-order valence-electron chi connectivity index (χ1n) is 8.90. The van der Waals surface area contributed by atoms with Gasteiger partial charge in [-0.15, -0.1) is 0 Å². The van der Waals surface area contributed by atoms with E-state index in [1.54, 1.807) is 24.8 Å². The van der Waals surface area contributed by atoms with E-state index in [4.69, 9.17) is 20.5 Å². The molecule has 0 aliphatic carbocycles. The molecule has 0 fully saturated rings. The molecule has 0 heterocycles. The average molecular weight is 444 g/mol. The van der Waals surface area contributed by atoms with Gasteiger partial charge in [0.05, 0.1) is 6.61 Å². The number of carbonyl (C=O) groups excluding carboxylic acids is 1. The van der Waals surface area contributed by atoms with Crippen molar-refractivity contribution in [3.63, 3.8) is 0 Å². The second-order valence-electron chi connectivity index (χ2n) is 6.65. The van der Waals surface area contributed by atoms with Crippen LogP contribution in [0.4, 0.5) is 4.39 Å². The lowest BCUT2D eigenvalue weighted by Crippen LogP contribution is -2.36. The summed E-state index contributed by atoms with van der Waals surface area (Å²) in [6, 6.07) is 8.77. The van der Waals surface area contributed by atoms with Crippen LogP contribution in [0.25, 0.3) is 0 Å². The molecule has 1 amide bonds. The van der Waals surface area contributed by atoms with Crippen molar-refractivity contribution in [3.8, 4) is 5.75 Å². The van der Waals surface area contributed by atoms with E-state index >= 15 is 0 Å². The van der Waals surface area contributed by atoms with Crippen LogP contribution in [-0.2, 0) is 26.2 Å². The summed E-state index contributed by atoms with van der Waals surface area (Å²) in [6.45, 7) is 4.29. The summed E-state index contributed by atoms with van der Waals surface area (Å²) < 4.78 is 48.6. The highest BCUT2D eigenvalue weighted by molar-refractivity contribution is 7.87. The van der Waals surface area contributed by atoms with E-state index in [9.17, 15) is 17.6 Å². The van der Waals surface area contributed by atoms with Gasteiger partial charge in [0.15, 0.2) is 0 Å². The summed E-state index contributed by atoms with van der Waals surface area (Å²) in [6.07, 6.45) is 0. The number of hydrogen-bond acceptors (Lipinski definition) is 5. The Morgan fingerprint density at radius 3 is 2.41 bits per heavy atom. The average Bonchev–Trinajstić information content (AvgIpc) is 2.66. The van der Waals surface area contributed by atoms with Crippen LogP contribution in [0.5, 0.6) is 5.75 Å². The molecular weight excluding hydrogens is 421 g/mol. The zero-order valence-corrected chi connectivity index (χ0v) is 18.0. The molecule has 0 aliphatic rings. The monoisotopic (exact) mass is 443 g/mol. The number of rotatable bonds is 9. The zero-order valence-electron chi connectivity index (χ0n) is 16.4. The van der Waals surface area contributed by atoms with Gasteiger partial charge in [-0.05, 0) is 42.5 Å². The number of hydrogen-bond donors (Lipinski definition) is 0. The fourth-order valence-electron chi connectivity index (χ4n) is 2.56. The Bertz CT molecular complexity index is 948. The quantitative estimate of drug-likeness (QED) is 0.550. The molecular formula is C20H23ClFNO5S. The summed E-state index contributed by atoms with van der Waals surface area (Å²) in [5.41, 5.74) is 0.424. The van der Waals surface area contributed by atoms with Crippen molar-refractivity contribution in [2.24, 2.45) is 5.92 Å². The molecule has 29 heavy (non-hydrogen) atoms. The third-order valence-electron chi connectivity index (χ3n) is 4.06. The van der Waals surface area contributed by atoms with Crippen LogP contribution in [0.15, 0.2) is 47.4 Å². The molecule has 0 radical (unpaired) electrons. The maximum Gasteiger partial charge on any atom is 0.339 e. The molecule has 0 saturated carbocycles. The van der Waals surface area contributed by atoms with Crippen LogP contribution < -0.4 is 4.18 Å². The standard InChI is InChI=1S/C20H23ClFNO5S/c1-14(2)20(24)23(10-11-27-3)13-15-12-16(21)4-9-19(15)28-29(25,26)18-7-5-17(22)6-8-18/h4-9,12,14H,10-11,13H2,1-3H3. The van der Waals surface area contributed by atoms with Gasteiger partial charge in [0, 0.05) is 36.7 Å². The van der Waals surface area contributed by atoms with Crippen molar-refractivity contribution in [1.29, 1.82) is 0 Å². The van der Waals surface area contributed by atoms with Crippen LogP contribution in [0, 0.1) is 11.7 Å². The molecule has 2 aromatic carbocycles. The highest BCUT2D eigenvalue weighted by Crippen LogP contribution is 2.28. The van der Waals surface area contributed by atoms with E-state index in [1.165, 1.54) is 19.2 Å². The molecule has 0 saturated heterocycles. The van der Waals surface area contributed by atoms with E-state index in [2.05, 4.69) is 0 Å². The number of methoxy groups -OCH3 is 1. The highest BCUT2D eigenvalue weighted by atomic mass is 35.5.